The first-order valence-electron chi connectivity index (χ1n) is 7.45. The number of hydrogen-bond donors (Lipinski definition) is 2. The molecule has 2 rings (SSSR count). The Morgan fingerprint density at radius 2 is 2.20 bits per heavy atom. The predicted octanol–water partition coefficient (Wildman–Crippen LogP) is 2.80. The molecule has 0 spiro atoms. The maximum atomic E-state index is 10.2. The Morgan fingerprint density at radius 3 is 2.90 bits per heavy atom. The van der Waals surface area contributed by atoms with Crippen LogP contribution in [0.1, 0.15) is 56.4 Å². The molecular weight excluding hydrogens is 250 g/mol. The van der Waals surface area contributed by atoms with Crippen molar-refractivity contribution in [2.24, 2.45) is 0 Å². The van der Waals surface area contributed by atoms with Crippen LogP contribution in [0.25, 0.3) is 0 Å². The van der Waals surface area contributed by atoms with Gasteiger partial charge in [-0.05, 0) is 50.7 Å². The third kappa shape index (κ3) is 3.49. The van der Waals surface area contributed by atoms with E-state index < -0.39 is 5.60 Å². The second-order valence-electron chi connectivity index (χ2n) is 5.91. The van der Waals surface area contributed by atoms with Crippen molar-refractivity contribution in [2.45, 2.75) is 58.0 Å². The minimum absolute atomic E-state index is 0.418. The standard InChI is InChI=1S/C16H23N3O/c1-3-8-16(2,20)11-18-15-13(10-17)9-12-6-4-5-7-14(12)19-15/h9,20H,3-8,11H2,1-2H3,(H,18,19). The highest BCUT2D eigenvalue weighted by atomic mass is 16.3. The third-order valence-electron chi connectivity index (χ3n) is 3.85. The van der Waals surface area contributed by atoms with Crippen molar-refractivity contribution < 1.29 is 5.11 Å². The van der Waals surface area contributed by atoms with Gasteiger partial charge < -0.3 is 10.4 Å². The summed E-state index contributed by atoms with van der Waals surface area (Å²) in [5, 5.41) is 22.6. The number of aromatic nitrogens is 1. The Balaban J connectivity index is 2.17. The second kappa shape index (κ2) is 6.23. The van der Waals surface area contributed by atoms with Crippen molar-refractivity contribution in [2.75, 3.05) is 11.9 Å². The lowest BCUT2D eigenvalue weighted by Crippen LogP contribution is -2.33. The van der Waals surface area contributed by atoms with Gasteiger partial charge in [-0.25, -0.2) is 4.98 Å². The zero-order valence-electron chi connectivity index (χ0n) is 12.4. The van der Waals surface area contributed by atoms with Crippen LogP contribution in [0, 0.1) is 11.3 Å². The van der Waals surface area contributed by atoms with Crippen LogP contribution in [0.2, 0.25) is 0 Å². The first kappa shape index (κ1) is 14.8. The summed E-state index contributed by atoms with van der Waals surface area (Å²) in [7, 11) is 0. The molecule has 0 aliphatic heterocycles. The fourth-order valence-corrected chi connectivity index (χ4v) is 2.75. The number of nitrogens with one attached hydrogen (secondary N) is 1. The van der Waals surface area contributed by atoms with Crippen LogP contribution in [-0.2, 0) is 12.8 Å². The number of nitriles is 1. The van der Waals surface area contributed by atoms with Crippen molar-refractivity contribution >= 4 is 5.82 Å². The molecule has 0 bridgehead atoms. The summed E-state index contributed by atoms with van der Waals surface area (Å²) in [6.45, 7) is 4.28. The van der Waals surface area contributed by atoms with Gasteiger partial charge in [0, 0.05) is 12.2 Å². The van der Waals surface area contributed by atoms with E-state index in [1.807, 2.05) is 19.9 Å². The first-order valence-corrected chi connectivity index (χ1v) is 7.45. The summed E-state index contributed by atoms with van der Waals surface area (Å²) in [5.41, 5.74) is 2.13. The number of fused-ring (bicyclic) bond motifs is 1. The van der Waals surface area contributed by atoms with E-state index in [-0.39, 0.29) is 0 Å². The van der Waals surface area contributed by atoms with Gasteiger partial charge in [0.1, 0.15) is 11.9 Å². The van der Waals surface area contributed by atoms with Crippen molar-refractivity contribution in [3.05, 3.63) is 22.9 Å². The van der Waals surface area contributed by atoms with Crippen LogP contribution in [-0.4, -0.2) is 22.2 Å². The van der Waals surface area contributed by atoms with Gasteiger partial charge in [0.2, 0.25) is 0 Å². The molecule has 1 aliphatic rings. The maximum absolute atomic E-state index is 10.2. The van der Waals surface area contributed by atoms with E-state index in [1.165, 1.54) is 18.4 Å². The number of aryl methyl sites for hydroxylation is 2. The number of aliphatic hydroxyl groups is 1. The molecule has 0 saturated carbocycles. The van der Waals surface area contributed by atoms with Crippen LogP contribution in [0.3, 0.4) is 0 Å². The average Bonchev–Trinajstić information content (AvgIpc) is 2.44. The number of anilines is 1. The molecule has 1 unspecified atom stereocenters. The molecule has 0 radical (unpaired) electrons. The highest BCUT2D eigenvalue weighted by molar-refractivity contribution is 5.54. The Bertz CT molecular complexity index is 517. The molecule has 1 aliphatic carbocycles. The molecular formula is C16H23N3O. The Kier molecular flexibility index (Phi) is 4.61. The van der Waals surface area contributed by atoms with Crippen LogP contribution < -0.4 is 5.32 Å². The van der Waals surface area contributed by atoms with E-state index in [9.17, 15) is 10.4 Å². The van der Waals surface area contributed by atoms with Crippen molar-refractivity contribution in [1.82, 2.24) is 4.98 Å². The molecule has 1 heterocycles. The highest BCUT2D eigenvalue weighted by Gasteiger charge is 2.21. The average molecular weight is 273 g/mol. The quantitative estimate of drug-likeness (QED) is 0.865. The van der Waals surface area contributed by atoms with Crippen molar-refractivity contribution in [3.63, 3.8) is 0 Å². The molecule has 2 N–H and O–H groups in total. The van der Waals surface area contributed by atoms with Crippen LogP contribution in [0.15, 0.2) is 6.07 Å². The zero-order chi connectivity index (χ0) is 14.6. The summed E-state index contributed by atoms with van der Waals surface area (Å²) < 4.78 is 0. The number of pyridine rings is 1. The van der Waals surface area contributed by atoms with Gasteiger partial charge in [0.05, 0.1) is 11.2 Å². The second-order valence-corrected chi connectivity index (χ2v) is 5.91. The van der Waals surface area contributed by atoms with Gasteiger partial charge in [-0.2, -0.15) is 5.26 Å². The summed E-state index contributed by atoms with van der Waals surface area (Å²) in [5.74, 6) is 0.615. The molecule has 0 fully saturated rings. The van der Waals surface area contributed by atoms with E-state index >= 15 is 0 Å². The summed E-state index contributed by atoms with van der Waals surface area (Å²) in [6.07, 6.45) is 6.01. The molecule has 108 valence electrons. The van der Waals surface area contributed by atoms with E-state index in [2.05, 4.69) is 16.4 Å². The summed E-state index contributed by atoms with van der Waals surface area (Å²) >= 11 is 0. The maximum Gasteiger partial charge on any atom is 0.144 e. The predicted molar refractivity (Wildman–Crippen MR) is 79.6 cm³/mol. The van der Waals surface area contributed by atoms with Crippen molar-refractivity contribution in [1.29, 1.82) is 5.26 Å². The molecule has 0 aromatic carbocycles. The number of hydrogen-bond acceptors (Lipinski definition) is 4. The van der Waals surface area contributed by atoms with Gasteiger partial charge >= 0.3 is 0 Å². The molecule has 20 heavy (non-hydrogen) atoms. The fraction of sp³-hybridized carbons (Fsp3) is 0.625. The van der Waals surface area contributed by atoms with E-state index in [0.29, 0.717) is 17.9 Å². The third-order valence-corrected chi connectivity index (χ3v) is 3.85. The molecule has 1 atom stereocenters. The van der Waals surface area contributed by atoms with E-state index in [1.54, 1.807) is 0 Å². The number of nitrogens with zero attached hydrogens (tertiary/aromatic N) is 2. The monoisotopic (exact) mass is 273 g/mol. The topological polar surface area (TPSA) is 68.9 Å². The van der Waals surface area contributed by atoms with Gasteiger partial charge in [-0.3, -0.25) is 0 Å². The fourth-order valence-electron chi connectivity index (χ4n) is 2.75. The molecule has 0 amide bonds. The largest absolute Gasteiger partial charge is 0.388 e. The summed E-state index contributed by atoms with van der Waals surface area (Å²) in [6, 6.07) is 4.16. The minimum Gasteiger partial charge on any atom is -0.388 e. The highest BCUT2D eigenvalue weighted by Crippen LogP contribution is 2.25. The lowest BCUT2D eigenvalue weighted by Gasteiger charge is -2.24. The van der Waals surface area contributed by atoms with Gasteiger partial charge in [-0.15, -0.1) is 0 Å². The molecule has 4 heteroatoms. The lowest BCUT2D eigenvalue weighted by molar-refractivity contribution is 0.0636. The van der Waals surface area contributed by atoms with Crippen LogP contribution >= 0.6 is 0 Å². The molecule has 0 saturated heterocycles. The lowest BCUT2D eigenvalue weighted by atomic mass is 9.95. The summed E-state index contributed by atoms with van der Waals surface area (Å²) in [4.78, 5) is 4.60. The van der Waals surface area contributed by atoms with Gasteiger partial charge in [0.25, 0.3) is 0 Å². The number of rotatable bonds is 5. The van der Waals surface area contributed by atoms with Crippen molar-refractivity contribution in [3.8, 4) is 6.07 Å². The molecule has 1 aromatic heterocycles. The van der Waals surface area contributed by atoms with Gasteiger partial charge in [0.15, 0.2) is 0 Å². The van der Waals surface area contributed by atoms with E-state index in [4.69, 9.17) is 0 Å². The van der Waals surface area contributed by atoms with Crippen LogP contribution in [0.5, 0.6) is 0 Å². The van der Waals surface area contributed by atoms with E-state index in [0.717, 1.165) is 31.4 Å². The smallest absolute Gasteiger partial charge is 0.144 e. The zero-order valence-corrected chi connectivity index (χ0v) is 12.4. The van der Waals surface area contributed by atoms with Gasteiger partial charge in [-0.1, -0.05) is 13.3 Å². The molecule has 4 nitrogen and oxygen atoms in total. The minimum atomic E-state index is -0.765. The Morgan fingerprint density at radius 1 is 1.45 bits per heavy atom. The normalized spacial score (nSPS) is 16.9. The van der Waals surface area contributed by atoms with Crippen LogP contribution in [0.4, 0.5) is 5.82 Å². The first-order chi connectivity index (χ1) is 9.55. The Labute approximate surface area is 120 Å². The Hall–Kier alpha value is -1.60. The SMILES string of the molecule is CCCC(C)(O)CNc1nc2c(cc1C#N)CCCC2. The molecule has 1 aromatic rings.